The molecule has 0 aliphatic carbocycles. The number of hydrogen-bond acceptors (Lipinski definition) is 3. The Balaban J connectivity index is 0.000000212. The van der Waals surface area contributed by atoms with Crippen LogP contribution in [0.1, 0.15) is 75.3 Å². The van der Waals surface area contributed by atoms with Crippen molar-refractivity contribution in [3.8, 4) is 22.4 Å². The topological polar surface area (TPSA) is 38.4 Å². The van der Waals surface area contributed by atoms with Gasteiger partial charge in [-0.3, -0.25) is 4.99 Å². The maximum Gasteiger partial charge on any atom is 0.120 e. The molecule has 3 heterocycles. The van der Waals surface area contributed by atoms with Crippen molar-refractivity contribution in [2.24, 2.45) is 10.4 Å². The van der Waals surface area contributed by atoms with Gasteiger partial charge in [-0.2, -0.15) is 0 Å². The van der Waals surface area contributed by atoms with Crippen molar-refractivity contribution in [1.82, 2.24) is 4.98 Å². The van der Waals surface area contributed by atoms with Crippen LogP contribution in [0.3, 0.4) is 0 Å². The van der Waals surface area contributed by atoms with Gasteiger partial charge in [-0.15, -0.1) is 18.2 Å². The molecule has 0 bridgehead atoms. The normalized spacial score (nSPS) is 13.9. The molecule has 2 aromatic heterocycles. The fourth-order valence-corrected chi connectivity index (χ4v) is 11.6. The van der Waals surface area contributed by atoms with Gasteiger partial charge < -0.3 is 4.42 Å². The van der Waals surface area contributed by atoms with E-state index in [-0.39, 0.29) is 31.4 Å². The number of fused-ring (bicyclic) bond motifs is 4. The smallest absolute Gasteiger partial charge is 0.120 e. The summed E-state index contributed by atoms with van der Waals surface area (Å²) >= 11 is -1.90. The van der Waals surface area contributed by atoms with Crippen LogP contribution in [-0.4, -0.2) is 24.0 Å². The molecule has 8 aromatic rings. The molecule has 1 radical (unpaired) electrons. The summed E-state index contributed by atoms with van der Waals surface area (Å²) in [6.07, 6.45) is 3.24. The van der Waals surface area contributed by atoms with Gasteiger partial charge in [-0.05, 0) is 51.1 Å². The number of pyridine rings is 1. The van der Waals surface area contributed by atoms with E-state index in [1.807, 2.05) is 36.4 Å². The Hall–Kier alpha value is -4.87. The zero-order chi connectivity index (χ0) is 41.5. The van der Waals surface area contributed by atoms with E-state index in [1.54, 1.807) is 0 Å². The van der Waals surface area contributed by atoms with Crippen molar-refractivity contribution in [2.75, 3.05) is 0 Å². The second-order valence-electron chi connectivity index (χ2n) is 19.1. The minimum Gasteiger partial charge on any atom is -0.501 e. The molecule has 0 spiro atoms. The van der Waals surface area contributed by atoms with E-state index >= 15 is 0 Å². The summed E-state index contributed by atoms with van der Waals surface area (Å²) in [5.41, 5.74) is 14.8. The number of aromatic nitrogens is 1. The molecule has 1 aliphatic rings. The van der Waals surface area contributed by atoms with Crippen molar-refractivity contribution in [1.29, 1.82) is 0 Å². The Morgan fingerprint density at radius 2 is 1.40 bits per heavy atom. The van der Waals surface area contributed by atoms with Crippen molar-refractivity contribution in [2.45, 2.75) is 76.6 Å². The summed E-state index contributed by atoms with van der Waals surface area (Å²) in [5, 5.41) is 2.21. The first-order chi connectivity index (χ1) is 28.2. The van der Waals surface area contributed by atoms with Gasteiger partial charge in [0.2, 0.25) is 0 Å². The number of rotatable bonds is 6. The molecule has 0 fully saturated rings. The summed E-state index contributed by atoms with van der Waals surface area (Å²) in [7, 11) is 0. The van der Waals surface area contributed by atoms with E-state index in [4.69, 9.17) is 14.4 Å². The standard InChI is InChI=1S/C36H28NO.C19H26GeN.Ir/c1-36(2,3)24-20-21-26(30(22-24)23-12-5-4-6-13-23)33-28-15-7-9-18-31(28)37-34(33)29-17-11-16-27-25-14-8-10-19-32(25)38-35(27)29;1-19(2,3)13-16-12-18(15-10-8-7-9-11-15)21-14-17(16)20(4,5)6;/h4-16,18-22,33H,1-3H3;7-10,12,14H,13H2,1-6H3;/q2*-1;. The molecular formula is C55H54GeIrN2O-2. The molecule has 1 aliphatic heterocycles. The van der Waals surface area contributed by atoms with E-state index in [0.29, 0.717) is 5.41 Å². The molecule has 5 heteroatoms. The number of para-hydroxylation sites is 2. The first-order valence-corrected chi connectivity index (χ1v) is 28.2. The molecule has 0 N–H and O–H groups in total. The quantitative estimate of drug-likeness (QED) is 0.123. The Morgan fingerprint density at radius 3 is 2.12 bits per heavy atom. The first-order valence-electron chi connectivity index (χ1n) is 20.8. The molecule has 305 valence electrons. The molecule has 0 amide bonds. The van der Waals surface area contributed by atoms with E-state index in [0.717, 1.165) is 56.6 Å². The molecule has 1 atom stereocenters. The number of hydrogen-bond donors (Lipinski definition) is 0. The van der Waals surface area contributed by atoms with Gasteiger partial charge >= 0.3 is 132 Å². The largest absolute Gasteiger partial charge is 0.501 e. The average Bonchev–Trinajstić information content (AvgIpc) is 3.79. The van der Waals surface area contributed by atoms with E-state index < -0.39 is 13.3 Å². The van der Waals surface area contributed by atoms with Crippen molar-refractivity contribution >= 4 is 51.0 Å². The van der Waals surface area contributed by atoms with Crippen molar-refractivity contribution in [3.63, 3.8) is 0 Å². The molecule has 1 unspecified atom stereocenters. The van der Waals surface area contributed by atoms with Gasteiger partial charge in [0.1, 0.15) is 5.58 Å². The summed E-state index contributed by atoms with van der Waals surface area (Å²) < 4.78 is 7.98. The minimum atomic E-state index is -1.90. The van der Waals surface area contributed by atoms with Crippen molar-refractivity contribution in [3.05, 3.63) is 186 Å². The maximum absolute atomic E-state index is 6.45. The van der Waals surface area contributed by atoms with Crippen LogP contribution in [0, 0.1) is 17.5 Å². The monoisotopic (exact) mass is 1030 g/mol. The summed E-state index contributed by atoms with van der Waals surface area (Å²) in [4.78, 5) is 9.95. The summed E-state index contributed by atoms with van der Waals surface area (Å²) in [5.74, 6) is 7.29. The third-order valence-corrected chi connectivity index (χ3v) is 15.5. The van der Waals surface area contributed by atoms with Gasteiger partial charge in [-0.1, -0.05) is 117 Å². The fourth-order valence-electron chi connectivity index (χ4n) is 8.30. The maximum atomic E-state index is 6.45. The third-order valence-electron chi connectivity index (χ3n) is 11.2. The van der Waals surface area contributed by atoms with Gasteiger partial charge in [0.25, 0.3) is 0 Å². The van der Waals surface area contributed by atoms with Crippen LogP contribution < -0.4 is 4.40 Å². The van der Waals surface area contributed by atoms with Crippen LogP contribution >= 0.6 is 0 Å². The molecule has 9 rings (SSSR count). The molecular weight excluding hydrogens is 969 g/mol. The molecule has 0 saturated heterocycles. The molecule has 6 aromatic carbocycles. The number of furan rings is 1. The minimum absolute atomic E-state index is 0. The van der Waals surface area contributed by atoms with E-state index in [9.17, 15) is 0 Å². The Labute approximate surface area is 373 Å². The zero-order valence-corrected chi connectivity index (χ0v) is 40.8. The van der Waals surface area contributed by atoms with Crippen LogP contribution in [0.15, 0.2) is 155 Å². The van der Waals surface area contributed by atoms with Gasteiger partial charge in [-0.25, -0.2) is 0 Å². The van der Waals surface area contributed by atoms with E-state index in [2.05, 4.69) is 180 Å². The SMILES string of the molecule is CC(C)(C)Cc1cc(-c2[c-]cccc2)nc[c]1[Ge]([CH3])([CH3])[CH3].CC(C)(C)c1ccc(C2C(c3[c-]ccc4c3oc3ccccc34)=Nc3ccccc32)c(-c2ccccc2)c1.[Ir]. The van der Waals surface area contributed by atoms with Crippen LogP contribution in [0.25, 0.3) is 44.3 Å². The Morgan fingerprint density at radius 1 is 0.683 bits per heavy atom. The number of benzene rings is 6. The van der Waals surface area contributed by atoms with Crippen LogP contribution in [0.2, 0.25) is 17.3 Å². The average molecular weight is 1020 g/mol. The Kier molecular flexibility index (Phi) is 12.4. The zero-order valence-electron chi connectivity index (χ0n) is 36.3. The van der Waals surface area contributed by atoms with Crippen LogP contribution in [0.4, 0.5) is 5.69 Å². The summed E-state index contributed by atoms with van der Waals surface area (Å²) in [6, 6.07) is 55.7. The van der Waals surface area contributed by atoms with Gasteiger partial charge in [0, 0.05) is 31.4 Å². The summed E-state index contributed by atoms with van der Waals surface area (Å²) in [6.45, 7) is 13.7. The third kappa shape index (κ3) is 9.08. The fraction of sp³-hybridized carbons (Fsp3) is 0.236. The second kappa shape index (κ2) is 17.2. The molecule has 0 saturated carbocycles. The van der Waals surface area contributed by atoms with E-state index in [1.165, 1.54) is 37.8 Å². The first kappa shape index (κ1) is 43.2. The number of nitrogens with zero attached hydrogens (tertiary/aromatic N) is 2. The molecule has 3 nitrogen and oxygen atoms in total. The van der Waals surface area contributed by atoms with Crippen LogP contribution in [-0.2, 0) is 31.9 Å². The second-order valence-corrected chi connectivity index (χ2v) is 29.7. The van der Waals surface area contributed by atoms with Crippen LogP contribution in [0.5, 0.6) is 0 Å². The van der Waals surface area contributed by atoms with Crippen molar-refractivity contribution < 1.29 is 24.5 Å². The molecule has 60 heavy (non-hydrogen) atoms. The number of aliphatic imine (C=N–C) groups is 1. The predicted octanol–water partition coefficient (Wildman–Crippen LogP) is 14.3. The van der Waals surface area contributed by atoms with Gasteiger partial charge in [0.05, 0.1) is 11.3 Å². The predicted molar refractivity (Wildman–Crippen MR) is 252 cm³/mol. The van der Waals surface area contributed by atoms with Gasteiger partial charge in [0.15, 0.2) is 0 Å². The Bertz CT molecular complexity index is 2800.